The highest BCUT2D eigenvalue weighted by molar-refractivity contribution is 6.05. The Labute approximate surface area is 177 Å². The van der Waals surface area contributed by atoms with Crippen LogP contribution < -0.4 is 20.0 Å². The lowest BCUT2D eigenvalue weighted by Crippen LogP contribution is -2.45. The van der Waals surface area contributed by atoms with Crippen molar-refractivity contribution in [1.82, 2.24) is 15.0 Å². The second-order valence-corrected chi connectivity index (χ2v) is 8.05. The average molecular weight is 433 g/mol. The lowest BCUT2D eigenvalue weighted by atomic mass is 9.97. The van der Waals surface area contributed by atoms with Crippen molar-refractivity contribution < 1.29 is 18.0 Å². The third-order valence-electron chi connectivity index (χ3n) is 6.12. The summed E-state index contributed by atoms with van der Waals surface area (Å²) in [5.74, 6) is -0.106. The lowest BCUT2D eigenvalue weighted by molar-refractivity contribution is -0.176. The van der Waals surface area contributed by atoms with Crippen LogP contribution in [0, 0.1) is 5.92 Å². The largest absolute Gasteiger partial charge is 0.393 e. The second-order valence-electron chi connectivity index (χ2n) is 8.05. The number of hydrogen-bond acceptors (Lipinski definition) is 6. The number of anilines is 4. The van der Waals surface area contributed by atoms with Crippen LogP contribution in [0.25, 0.3) is 0 Å². The molecule has 2 amide bonds. The average Bonchev–Trinajstić information content (AvgIpc) is 3.34. The molecule has 2 aromatic rings. The second kappa shape index (κ2) is 7.54. The molecule has 0 saturated carbocycles. The van der Waals surface area contributed by atoms with Crippen LogP contribution in [0.4, 0.5) is 41.1 Å². The van der Waals surface area contributed by atoms with Crippen LogP contribution in [0.1, 0.15) is 25.7 Å². The fraction of sp³-hybridized carbons (Fsp3) is 0.500. The normalized spacial score (nSPS) is 23.0. The van der Waals surface area contributed by atoms with Crippen molar-refractivity contribution in [3.05, 3.63) is 30.7 Å². The minimum absolute atomic E-state index is 0.117. The molecule has 8 nitrogen and oxygen atoms in total. The first-order valence-electron chi connectivity index (χ1n) is 10.4. The van der Waals surface area contributed by atoms with E-state index in [2.05, 4.69) is 25.2 Å². The number of nitrogens with one attached hydrogen (secondary N) is 1. The first-order chi connectivity index (χ1) is 14.9. The predicted molar refractivity (Wildman–Crippen MR) is 109 cm³/mol. The summed E-state index contributed by atoms with van der Waals surface area (Å²) in [5.41, 5.74) is 0.824. The van der Waals surface area contributed by atoms with Crippen LogP contribution >= 0.6 is 0 Å². The van der Waals surface area contributed by atoms with E-state index in [0.717, 1.165) is 25.1 Å². The molecule has 0 aliphatic carbocycles. The summed E-state index contributed by atoms with van der Waals surface area (Å²) in [7, 11) is 0. The van der Waals surface area contributed by atoms with Gasteiger partial charge in [0.25, 0.3) is 0 Å². The third-order valence-corrected chi connectivity index (χ3v) is 6.12. The van der Waals surface area contributed by atoms with Gasteiger partial charge in [-0.3, -0.25) is 15.2 Å². The number of hydrogen-bond donors (Lipinski definition) is 1. The monoisotopic (exact) mass is 433 g/mol. The molecule has 2 aromatic heterocycles. The van der Waals surface area contributed by atoms with Gasteiger partial charge in [-0.2, -0.15) is 13.2 Å². The maximum absolute atomic E-state index is 13.3. The summed E-state index contributed by atoms with van der Waals surface area (Å²) in [4.78, 5) is 31.2. The van der Waals surface area contributed by atoms with Gasteiger partial charge in [0.05, 0.1) is 17.8 Å². The molecule has 0 aromatic carbocycles. The van der Waals surface area contributed by atoms with Crippen molar-refractivity contribution in [3.8, 4) is 0 Å². The molecule has 0 radical (unpaired) electrons. The van der Waals surface area contributed by atoms with E-state index in [1.165, 1.54) is 18.6 Å². The summed E-state index contributed by atoms with van der Waals surface area (Å²) in [6, 6.07) is 3.24. The number of fused-ring (bicyclic) bond motifs is 3. The highest BCUT2D eigenvalue weighted by atomic mass is 19.4. The number of carbonyl (C=O) groups excluding carboxylic acids is 1. The predicted octanol–water partition coefficient (Wildman–Crippen LogP) is 3.63. The van der Waals surface area contributed by atoms with Gasteiger partial charge >= 0.3 is 12.2 Å². The maximum Gasteiger partial charge on any atom is 0.393 e. The fourth-order valence-corrected chi connectivity index (χ4v) is 4.67. The molecule has 2 fully saturated rings. The molecule has 0 bridgehead atoms. The summed E-state index contributed by atoms with van der Waals surface area (Å²) in [5, 5.41) is 2.75. The lowest BCUT2D eigenvalue weighted by Gasteiger charge is -2.34. The SMILES string of the molecule is O=C(Nc1cnccn1)N1c2nc(N3CCCC(C(F)(F)F)C3)ccc2N2CCCC21. The van der Waals surface area contributed by atoms with E-state index in [-0.39, 0.29) is 25.2 Å². The molecule has 0 spiro atoms. The minimum atomic E-state index is -4.22. The van der Waals surface area contributed by atoms with Gasteiger partial charge in [0, 0.05) is 32.0 Å². The number of amides is 2. The van der Waals surface area contributed by atoms with Crippen LogP contribution in [0.2, 0.25) is 0 Å². The van der Waals surface area contributed by atoms with Gasteiger partial charge in [-0.25, -0.2) is 14.8 Å². The fourth-order valence-electron chi connectivity index (χ4n) is 4.67. The third kappa shape index (κ3) is 3.61. The number of piperidine rings is 1. The van der Waals surface area contributed by atoms with Crippen molar-refractivity contribution in [2.24, 2.45) is 5.92 Å². The topological polar surface area (TPSA) is 77.5 Å². The Kier molecular flexibility index (Phi) is 4.82. The zero-order chi connectivity index (χ0) is 21.6. The Balaban J connectivity index is 1.44. The summed E-state index contributed by atoms with van der Waals surface area (Å²) >= 11 is 0. The Bertz CT molecular complexity index is 971. The van der Waals surface area contributed by atoms with Crippen molar-refractivity contribution in [2.45, 2.75) is 38.0 Å². The molecule has 5 rings (SSSR count). The summed E-state index contributed by atoms with van der Waals surface area (Å²) < 4.78 is 39.8. The van der Waals surface area contributed by atoms with Crippen LogP contribution in [-0.4, -0.2) is 53.0 Å². The molecule has 31 heavy (non-hydrogen) atoms. The summed E-state index contributed by atoms with van der Waals surface area (Å²) in [6.45, 7) is 1.19. The number of carbonyl (C=O) groups is 1. The quantitative estimate of drug-likeness (QED) is 0.780. The Morgan fingerprint density at radius 3 is 2.74 bits per heavy atom. The molecular formula is C20H22F3N7O. The number of urea groups is 1. The van der Waals surface area contributed by atoms with Crippen molar-refractivity contribution in [1.29, 1.82) is 0 Å². The van der Waals surface area contributed by atoms with Crippen LogP contribution in [-0.2, 0) is 0 Å². The number of pyridine rings is 1. The van der Waals surface area contributed by atoms with Crippen molar-refractivity contribution >= 4 is 29.2 Å². The zero-order valence-corrected chi connectivity index (χ0v) is 16.7. The summed E-state index contributed by atoms with van der Waals surface area (Å²) in [6.07, 6.45) is 2.39. The smallest absolute Gasteiger partial charge is 0.356 e. The maximum atomic E-state index is 13.3. The van der Waals surface area contributed by atoms with Gasteiger partial charge in [0.1, 0.15) is 12.0 Å². The van der Waals surface area contributed by atoms with E-state index >= 15 is 0 Å². The number of alkyl halides is 3. The van der Waals surface area contributed by atoms with Gasteiger partial charge < -0.3 is 9.80 Å². The van der Waals surface area contributed by atoms with Gasteiger partial charge in [-0.1, -0.05) is 0 Å². The Morgan fingerprint density at radius 2 is 1.97 bits per heavy atom. The number of nitrogens with zero attached hydrogens (tertiary/aromatic N) is 6. The van der Waals surface area contributed by atoms with Gasteiger partial charge in [0.15, 0.2) is 11.6 Å². The van der Waals surface area contributed by atoms with Crippen LogP contribution in [0.15, 0.2) is 30.7 Å². The van der Waals surface area contributed by atoms with E-state index in [1.54, 1.807) is 15.9 Å². The van der Waals surface area contributed by atoms with Crippen LogP contribution in [0.5, 0.6) is 0 Å². The van der Waals surface area contributed by atoms with Gasteiger partial charge in [0.2, 0.25) is 0 Å². The first kappa shape index (κ1) is 19.8. The molecule has 5 heterocycles. The van der Waals surface area contributed by atoms with Gasteiger partial charge in [-0.05, 0) is 37.8 Å². The van der Waals surface area contributed by atoms with E-state index in [0.29, 0.717) is 30.4 Å². The highest BCUT2D eigenvalue weighted by Crippen LogP contribution is 2.44. The van der Waals surface area contributed by atoms with Gasteiger partial charge in [-0.15, -0.1) is 0 Å². The molecule has 3 aliphatic heterocycles. The van der Waals surface area contributed by atoms with Crippen molar-refractivity contribution in [2.75, 3.05) is 39.7 Å². The van der Waals surface area contributed by atoms with E-state index in [4.69, 9.17) is 0 Å². The zero-order valence-electron chi connectivity index (χ0n) is 16.7. The minimum Gasteiger partial charge on any atom is -0.356 e. The molecular weight excluding hydrogens is 411 g/mol. The van der Waals surface area contributed by atoms with E-state index in [1.807, 2.05) is 6.07 Å². The molecule has 2 saturated heterocycles. The number of aromatic nitrogens is 3. The van der Waals surface area contributed by atoms with E-state index < -0.39 is 12.1 Å². The van der Waals surface area contributed by atoms with Crippen LogP contribution in [0.3, 0.4) is 0 Å². The molecule has 2 unspecified atom stereocenters. The first-order valence-corrected chi connectivity index (χ1v) is 10.4. The number of halogens is 3. The molecule has 1 N–H and O–H groups in total. The molecule has 3 aliphatic rings. The standard InChI is InChI=1S/C20H22F3N7O/c21-20(22,23)13-3-1-9-28(12-13)16-6-5-14-18(27-16)30(17-4-2-10-29(14)17)19(31)26-15-11-24-7-8-25-15/h5-8,11,13,17H,1-4,9-10,12H2,(H,25,26,31). The van der Waals surface area contributed by atoms with E-state index in [9.17, 15) is 18.0 Å². The molecule has 164 valence electrons. The highest BCUT2D eigenvalue weighted by Gasteiger charge is 2.45. The molecule has 11 heteroatoms. The Hall–Kier alpha value is -3.11. The number of rotatable bonds is 2. The molecule has 2 atom stereocenters. The van der Waals surface area contributed by atoms with Crippen molar-refractivity contribution in [3.63, 3.8) is 0 Å². The Morgan fingerprint density at radius 1 is 1.13 bits per heavy atom.